The van der Waals surface area contributed by atoms with Gasteiger partial charge in [-0.05, 0) is 5.56 Å². The van der Waals surface area contributed by atoms with E-state index in [-0.39, 0.29) is 0 Å². The van der Waals surface area contributed by atoms with E-state index in [0.717, 1.165) is 5.56 Å². The molecule has 0 heterocycles. The zero-order valence-electron chi connectivity index (χ0n) is 26.5. The molecule has 0 aromatic heterocycles. The van der Waals surface area contributed by atoms with Gasteiger partial charge in [-0.3, -0.25) is 0 Å². The fraction of sp³-hybridized carbons (Fsp3) is 0.750. The number of hydrogen-bond donors (Lipinski definition) is 0. The first-order valence-corrected chi connectivity index (χ1v) is 15.5. The lowest BCUT2D eigenvalue weighted by Gasteiger charge is -2.09. The Hall–Kier alpha value is -1.52. The molecule has 12 heteroatoms. The van der Waals surface area contributed by atoms with Gasteiger partial charge in [-0.2, -0.15) is 0 Å². The van der Waals surface area contributed by atoms with Crippen molar-refractivity contribution in [3.63, 3.8) is 0 Å². The van der Waals surface area contributed by atoms with E-state index in [0.29, 0.717) is 159 Å². The molecular weight excluding hydrogens is 576 g/mol. The van der Waals surface area contributed by atoms with Crippen molar-refractivity contribution in [1.29, 1.82) is 0 Å². The molecule has 0 N–H and O–H groups in total. The molecule has 0 saturated carbocycles. The van der Waals surface area contributed by atoms with Crippen LogP contribution < -0.4 is 0 Å². The summed E-state index contributed by atoms with van der Waals surface area (Å²) in [6.07, 6.45) is 1.71. The van der Waals surface area contributed by atoms with Crippen LogP contribution in [0.5, 0.6) is 0 Å². The van der Waals surface area contributed by atoms with Crippen LogP contribution in [0.3, 0.4) is 0 Å². The van der Waals surface area contributed by atoms with Crippen LogP contribution in [0.2, 0.25) is 0 Å². The van der Waals surface area contributed by atoms with Gasteiger partial charge in [0, 0.05) is 0 Å². The number of ether oxygens (including phenoxy) is 12. The van der Waals surface area contributed by atoms with Gasteiger partial charge < -0.3 is 56.8 Å². The summed E-state index contributed by atoms with van der Waals surface area (Å²) in [6.45, 7) is 16.3. The van der Waals surface area contributed by atoms with Crippen LogP contribution >= 0.6 is 0 Å². The monoisotopic (exact) mass is 632 g/mol. The normalized spacial score (nSPS) is 11.4. The lowest BCUT2D eigenvalue weighted by atomic mass is 10.2. The maximum absolute atomic E-state index is 5.56. The van der Waals surface area contributed by atoms with Gasteiger partial charge in [-0.25, -0.2) is 0 Å². The maximum Gasteiger partial charge on any atom is 0.0718 e. The lowest BCUT2D eigenvalue weighted by Crippen LogP contribution is -2.15. The summed E-state index contributed by atoms with van der Waals surface area (Å²) in [4.78, 5) is 0. The fourth-order valence-electron chi connectivity index (χ4n) is 3.25. The van der Waals surface area contributed by atoms with Gasteiger partial charge in [0.05, 0.1) is 159 Å². The van der Waals surface area contributed by atoms with Crippen molar-refractivity contribution in [2.24, 2.45) is 0 Å². The summed E-state index contributed by atoms with van der Waals surface area (Å²) in [6, 6.07) is 10.1. The molecule has 1 aromatic carbocycles. The molecule has 0 saturated heterocycles. The average molecular weight is 633 g/mol. The van der Waals surface area contributed by atoms with Gasteiger partial charge in [-0.15, -0.1) is 6.58 Å². The number of hydrogen-bond acceptors (Lipinski definition) is 12. The van der Waals surface area contributed by atoms with Crippen LogP contribution in [0.4, 0.5) is 0 Å². The maximum atomic E-state index is 5.56. The third kappa shape index (κ3) is 31.9. The summed E-state index contributed by atoms with van der Waals surface area (Å²) in [5.41, 5.74) is 1.16. The van der Waals surface area contributed by atoms with Crippen LogP contribution in [-0.4, -0.2) is 152 Å². The Kier molecular flexibility index (Phi) is 33.1. The molecule has 44 heavy (non-hydrogen) atoms. The van der Waals surface area contributed by atoms with Gasteiger partial charge in [0.1, 0.15) is 0 Å². The van der Waals surface area contributed by atoms with Crippen molar-refractivity contribution in [1.82, 2.24) is 0 Å². The summed E-state index contributed by atoms with van der Waals surface area (Å²) in [5.74, 6) is 0. The van der Waals surface area contributed by atoms with Crippen molar-refractivity contribution in [2.75, 3.05) is 152 Å². The van der Waals surface area contributed by atoms with Crippen molar-refractivity contribution < 1.29 is 56.8 Å². The van der Waals surface area contributed by atoms with E-state index in [1.807, 2.05) is 30.3 Å². The lowest BCUT2D eigenvalue weighted by molar-refractivity contribution is -0.0283. The zero-order chi connectivity index (χ0) is 31.3. The molecule has 0 aliphatic rings. The van der Waals surface area contributed by atoms with E-state index < -0.39 is 0 Å². The van der Waals surface area contributed by atoms with Crippen molar-refractivity contribution >= 4 is 0 Å². The Labute approximate surface area is 264 Å². The topological polar surface area (TPSA) is 111 Å². The zero-order valence-corrected chi connectivity index (χ0v) is 26.5. The molecule has 0 radical (unpaired) electrons. The van der Waals surface area contributed by atoms with Crippen LogP contribution in [0, 0.1) is 0 Å². The molecule has 12 nitrogen and oxygen atoms in total. The predicted octanol–water partition coefficient (Wildman–Crippen LogP) is 2.57. The van der Waals surface area contributed by atoms with Gasteiger partial charge in [0.2, 0.25) is 0 Å². The Morgan fingerprint density at radius 3 is 0.864 bits per heavy atom. The Balaban J connectivity index is 1.61. The molecule has 0 aliphatic heterocycles. The Morgan fingerprint density at radius 2 is 0.591 bits per heavy atom. The summed E-state index contributed by atoms with van der Waals surface area (Å²) in [7, 11) is 0. The first-order chi connectivity index (χ1) is 21.9. The highest BCUT2D eigenvalue weighted by Gasteiger charge is 1.97. The average Bonchev–Trinajstić information content (AvgIpc) is 3.05. The molecule has 0 unspecified atom stereocenters. The third-order valence-electron chi connectivity index (χ3n) is 5.44. The summed E-state index contributed by atoms with van der Waals surface area (Å²) >= 11 is 0. The fourth-order valence-corrected chi connectivity index (χ4v) is 3.25. The van der Waals surface area contributed by atoms with Crippen molar-refractivity contribution in [3.05, 3.63) is 48.6 Å². The summed E-state index contributed by atoms with van der Waals surface area (Å²) < 4.78 is 65.4. The molecule has 0 spiro atoms. The number of benzene rings is 1. The van der Waals surface area contributed by atoms with E-state index in [1.54, 1.807) is 6.08 Å². The molecule has 256 valence electrons. The van der Waals surface area contributed by atoms with Crippen LogP contribution in [0.25, 0.3) is 0 Å². The molecule has 0 aliphatic carbocycles. The highest BCUT2D eigenvalue weighted by molar-refractivity contribution is 5.13. The SMILES string of the molecule is C=CCOCCOCCOCCOCCOCCOCCOCCOCCOCCOCCOCCOCc1ccccc1. The summed E-state index contributed by atoms with van der Waals surface area (Å²) in [5, 5.41) is 0. The first-order valence-electron chi connectivity index (χ1n) is 15.5. The van der Waals surface area contributed by atoms with E-state index in [4.69, 9.17) is 56.8 Å². The highest BCUT2D eigenvalue weighted by Crippen LogP contribution is 2.00. The molecule has 0 bridgehead atoms. The van der Waals surface area contributed by atoms with Gasteiger partial charge in [0.15, 0.2) is 0 Å². The number of rotatable bonds is 37. The Morgan fingerprint density at radius 1 is 0.341 bits per heavy atom. The van der Waals surface area contributed by atoms with E-state index in [1.165, 1.54) is 0 Å². The van der Waals surface area contributed by atoms with E-state index >= 15 is 0 Å². The standard InChI is InChI=1S/C32H56O12/c1-2-8-33-9-10-34-11-12-35-13-14-36-15-16-37-17-18-38-19-20-39-21-22-40-23-24-41-25-26-42-27-28-43-29-30-44-31-32-6-4-3-5-7-32/h2-7H,1,8-31H2. The minimum absolute atomic E-state index is 0.513. The minimum atomic E-state index is 0.513. The smallest absolute Gasteiger partial charge is 0.0718 e. The van der Waals surface area contributed by atoms with E-state index in [9.17, 15) is 0 Å². The van der Waals surface area contributed by atoms with Gasteiger partial charge >= 0.3 is 0 Å². The first kappa shape index (κ1) is 40.5. The van der Waals surface area contributed by atoms with Crippen molar-refractivity contribution in [3.8, 4) is 0 Å². The van der Waals surface area contributed by atoms with Crippen LogP contribution in [0.15, 0.2) is 43.0 Å². The molecule has 0 atom stereocenters. The van der Waals surface area contributed by atoms with Crippen LogP contribution in [0.1, 0.15) is 5.56 Å². The molecular formula is C32H56O12. The molecule has 1 aromatic rings. The minimum Gasteiger partial charge on any atom is -0.377 e. The molecule has 0 amide bonds. The molecule has 1 rings (SSSR count). The largest absolute Gasteiger partial charge is 0.377 e. The third-order valence-corrected chi connectivity index (χ3v) is 5.44. The van der Waals surface area contributed by atoms with Crippen molar-refractivity contribution in [2.45, 2.75) is 6.61 Å². The second-order valence-corrected chi connectivity index (χ2v) is 9.03. The molecule has 0 fully saturated rings. The quantitative estimate of drug-likeness (QED) is 0.0794. The predicted molar refractivity (Wildman–Crippen MR) is 165 cm³/mol. The Bertz CT molecular complexity index is 682. The second-order valence-electron chi connectivity index (χ2n) is 9.03. The van der Waals surface area contributed by atoms with Gasteiger partial charge in [-0.1, -0.05) is 36.4 Å². The van der Waals surface area contributed by atoms with Crippen LogP contribution in [-0.2, 0) is 63.4 Å². The van der Waals surface area contributed by atoms with Gasteiger partial charge in [0.25, 0.3) is 0 Å². The second kappa shape index (κ2) is 36.0. The highest BCUT2D eigenvalue weighted by atomic mass is 16.6. The van der Waals surface area contributed by atoms with E-state index in [2.05, 4.69) is 6.58 Å².